The third-order valence-electron chi connectivity index (χ3n) is 6.78. The topological polar surface area (TPSA) is 89.9 Å². The summed E-state index contributed by atoms with van der Waals surface area (Å²) in [6, 6.07) is 0. The molecule has 0 aliphatic rings. The Morgan fingerprint density at radius 3 is 1.68 bits per heavy atom. The van der Waals surface area contributed by atoms with Crippen molar-refractivity contribution < 1.29 is 29.0 Å². The van der Waals surface area contributed by atoms with E-state index in [1.807, 2.05) is 13.0 Å². The minimum atomic E-state index is -0.726. The van der Waals surface area contributed by atoms with Gasteiger partial charge in [-0.3, -0.25) is 14.4 Å². The SMILES string of the molecule is C=CCCCCCCCC(=O)OC(CC)CCCCCCCC(=O)OC(C)CCCCCCCC(=O)O. The zero-order valence-corrected chi connectivity index (χ0v) is 24.0. The molecule has 0 bridgehead atoms. The summed E-state index contributed by atoms with van der Waals surface area (Å²) in [6.45, 7) is 7.76. The van der Waals surface area contributed by atoms with Crippen LogP contribution in [0.1, 0.15) is 155 Å². The molecule has 0 amide bonds. The van der Waals surface area contributed by atoms with Crippen LogP contribution < -0.4 is 0 Å². The molecule has 0 aromatic rings. The summed E-state index contributed by atoms with van der Waals surface area (Å²) in [5.74, 6) is -0.888. The van der Waals surface area contributed by atoms with Gasteiger partial charge in [-0.15, -0.1) is 6.58 Å². The van der Waals surface area contributed by atoms with Crippen molar-refractivity contribution in [3.8, 4) is 0 Å². The predicted molar refractivity (Wildman–Crippen MR) is 151 cm³/mol. The summed E-state index contributed by atoms with van der Waals surface area (Å²) in [6.07, 6.45) is 22.4. The van der Waals surface area contributed by atoms with E-state index in [-0.39, 0.29) is 30.6 Å². The second-order valence-electron chi connectivity index (χ2n) is 10.4. The maximum Gasteiger partial charge on any atom is 0.306 e. The quantitative estimate of drug-likeness (QED) is 0.0656. The van der Waals surface area contributed by atoms with Crippen LogP contribution in [0.3, 0.4) is 0 Å². The Hall–Kier alpha value is -1.85. The van der Waals surface area contributed by atoms with Crippen molar-refractivity contribution in [3.63, 3.8) is 0 Å². The monoisotopic (exact) mass is 524 g/mol. The third-order valence-corrected chi connectivity index (χ3v) is 6.78. The van der Waals surface area contributed by atoms with E-state index >= 15 is 0 Å². The lowest BCUT2D eigenvalue weighted by atomic mass is 10.1. The fraction of sp³-hybridized carbons (Fsp3) is 0.839. The van der Waals surface area contributed by atoms with E-state index in [9.17, 15) is 14.4 Å². The fourth-order valence-electron chi connectivity index (χ4n) is 4.43. The molecule has 2 atom stereocenters. The number of carboxylic acids is 1. The Balaban J connectivity index is 3.63. The van der Waals surface area contributed by atoms with Crippen LogP contribution in [-0.4, -0.2) is 35.2 Å². The summed E-state index contributed by atoms with van der Waals surface area (Å²) in [4.78, 5) is 34.6. The van der Waals surface area contributed by atoms with Crippen LogP contribution >= 0.6 is 0 Å². The van der Waals surface area contributed by atoms with Gasteiger partial charge in [-0.25, -0.2) is 0 Å². The van der Waals surface area contributed by atoms with Crippen LogP contribution in [0.4, 0.5) is 0 Å². The van der Waals surface area contributed by atoms with Gasteiger partial charge in [0.2, 0.25) is 0 Å². The fourth-order valence-corrected chi connectivity index (χ4v) is 4.43. The molecule has 6 nitrogen and oxygen atoms in total. The van der Waals surface area contributed by atoms with Crippen LogP contribution in [0.25, 0.3) is 0 Å². The first-order valence-electron chi connectivity index (χ1n) is 15.1. The molecule has 6 heteroatoms. The van der Waals surface area contributed by atoms with Gasteiger partial charge in [-0.05, 0) is 71.1 Å². The summed E-state index contributed by atoms with van der Waals surface area (Å²) < 4.78 is 11.2. The number of allylic oxidation sites excluding steroid dienone is 1. The number of carbonyl (C=O) groups is 3. The Bertz CT molecular complexity index is 588. The summed E-state index contributed by atoms with van der Waals surface area (Å²) in [7, 11) is 0. The van der Waals surface area contributed by atoms with Crippen molar-refractivity contribution in [1.82, 2.24) is 0 Å². The van der Waals surface area contributed by atoms with Crippen LogP contribution in [-0.2, 0) is 23.9 Å². The molecule has 0 saturated heterocycles. The lowest BCUT2D eigenvalue weighted by molar-refractivity contribution is -0.150. The van der Waals surface area contributed by atoms with Gasteiger partial charge in [-0.1, -0.05) is 70.8 Å². The molecular weight excluding hydrogens is 468 g/mol. The third kappa shape index (κ3) is 25.6. The molecule has 0 aliphatic heterocycles. The van der Waals surface area contributed by atoms with E-state index in [0.717, 1.165) is 103 Å². The van der Waals surface area contributed by atoms with Crippen molar-refractivity contribution in [2.24, 2.45) is 0 Å². The summed E-state index contributed by atoms with van der Waals surface area (Å²) in [5, 5.41) is 8.63. The Kier molecular flexibility index (Phi) is 24.5. The number of ether oxygens (including phenoxy) is 2. The highest BCUT2D eigenvalue weighted by Crippen LogP contribution is 2.16. The molecule has 0 heterocycles. The maximum atomic E-state index is 12.1. The number of aliphatic carboxylic acids is 1. The van der Waals surface area contributed by atoms with E-state index in [4.69, 9.17) is 14.6 Å². The molecule has 2 unspecified atom stereocenters. The minimum Gasteiger partial charge on any atom is -0.481 e. The van der Waals surface area contributed by atoms with Gasteiger partial charge >= 0.3 is 17.9 Å². The number of carbonyl (C=O) groups excluding carboxylic acids is 2. The molecule has 37 heavy (non-hydrogen) atoms. The van der Waals surface area contributed by atoms with Crippen LogP contribution in [0.2, 0.25) is 0 Å². The zero-order valence-electron chi connectivity index (χ0n) is 24.0. The van der Waals surface area contributed by atoms with Crippen LogP contribution in [0, 0.1) is 0 Å². The van der Waals surface area contributed by atoms with Gasteiger partial charge in [0.15, 0.2) is 0 Å². The Morgan fingerprint density at radius 1 is 0.676 bits per heavy atom. The average Bonchev–Trinajstić information content (AvgIpc) is 2.86. The number of hydrogen-bond acceptors (Lipinski definition) is 5. The van der Waals surface area contributed by atoms with Crippen molar-refractivity contribution in [2.75, 3.05) is 0 Å². The van der Waals surface area contributed by atoms with Gasteiger partial charge < -0.3 is 14.6 Å². The lowest BCUT2D eigenvalue weighted by Gasteiger charge is -2.16. The molecule has 0 aromatic heterocycles. The maximum absolute atomic E-state index is 12.1. The Labute approximate surface area is 227 Å². The molecule has 0 radical (unpaired) electrons. The number of esters is 2. The highest BCUT2D eigenvalue weighted by Gasteiger charge is 2.12. The summed E-state index contributed by atoms with van der Waals surface area (Å²) in [5.41, 5.74) is 0. The molecule has 0 spiro atoms. The molecule has 0 aliphatic carbocycles. The van der Waals surface area contributed by atoms with E-state index in [1.165, 1.54) is 19.3 Å². The highest BCUT2D eigenvalue weighted by molar-refractivity contribution is 5.69. The molecule has 216 valence electrons. The van der Waals surface area contributed by atoms with Crippen molar-refractivity contribution >= 4 is 17.9 Å². The number of rotatable bonds is 27. The second-order valence-corrected chi connectivity index (χ2v) is 10.4. The molecular formula is C31H56O6. The van der Waals surface area contributed by atoms with Crippen molar-refractivity contribution in [3.05, 3.63) is 12.7 Å². The number of carboxylic acid groups (broad SMARTS) is 1. The summed E-state index contributed by atoms with van der Waals surface area (Å²) >= 11 is 0. The molecule has 0 aromatic carbocycles. The standard InChI is InChI=1S/C31H56O6/c1-4-6-7-8-9-15-21-26-31(35)37-28(5-2)23-18-13-11-16-20-25-30(34)36-27(3)22-17-12-10-14-19-24-29(32)33/h4,27-28H,1,5-26H2,2-3H3,(H,32,33). The van der Waals surface area contributed by atoms with Gasteiger partial charge in [0.25, 0.3) is 0 Å². The van der Waals surface area contributed by atoms with Gasteiger partial charge in [0.05, 0.1) is 6.10 Å². The second kappa shape index (κ2) is 25.8. The van der Waals surface area contributed by atoms with E-state index in [0.29, 0.717) is 12.8 Å². The molecule has 0 fully saturated rings. The van der Waals surface area contributed by atoms with Crippen molar-refractivity contribution in [1.29, 1.82) is 0 Å². The van der Waals surface area contributed by atoms with Gasteiger partial charge in [-0.2, -0.15) is 0 Å². The molecule has 0 saturated carbocycles. The largest absolute Gasteiger partial charge is 0.481 e. The van der Waals surface area contributed by atoms with E-state index in [1.54, 1.807) is 0 Å². The van der Waals surface area contributed by atoms with Gasteiger partial charge in [0, 0.05) is 19.3 Å². The smallest absolute Gasteiger partial charge is 0.306 e. The minimum absolute atomic E-state index is 0.0290. The predicted octanol–water partition coefficient (Wildman–Crippen LogP) is 8.70. The van der Waals surface area contributed by atoms with Gasteiger partial charge in [0.1, 0.15) is 6.10 Å². The van der Waals surface area contributed by atoms with Crippen molar-refractivity contribution in [2.45, 2.75) is 167 Å². The first kappa shape index (κ1) is 35.2. The number of unbranched alkanes of at least 4 members (excludes halogenated alkanes) is 13. The highest BCUT2D eigenvalue weighted by atomic mass is 16.5. The Morgan fingerprint density at radius 2 is 1.14 bits per heavy atom. The normalized spacial score (nSPS) is 12.6. The lowest BCUT2D eigenvalue weighted by Crippen LogP contribution is -2.17. The first-order valence-corrected chi connectivity index (χ1v) is 15.1. The zero-order chi connectivity index (χ0) is 27.6. The van der Waals surface area contributed by atoms with E-state index in [2.05, 4.69) is 13.5 Å². The van der Waals surface area contributed by atoms with Crippen LogP contribution in [0.5, 0.6) is 0 Å². The first-order chi connectivity index (χ1) is 17.9. The number of hydrogen-bond donors (Lipinski definition) is 1. The molecule has 0 rings (SSSR count). The van der Waals surface area contributed by atoms with Crippen LogP contribution in [0.15, 0.2) is 12.7 Å². The molecule has 1 N–H and O–H groups in total. The van der Waals surface area contributed by atoms with E-state index < -0.39 is 5.97 Å². The average molecular weight is 525 g/mol.